The van der Waals surface area contributed by atoms with E-state index in [9.17, 15) is 14.0 Å². The van der Waals surface area contributed by atoms with Crippen molar-refractivity contribution in [3.63, 3.8) is 0 Å². The molecule has 31 heavy (non-hydrogen) atoms. The fraction of sp³-hybridized carbons (Fsp3) is 0.143. The van der Waals surface area contributed by atoms with Gasteiger partial charge in [-0.1, -0.05) is 35.5 Å². The van der Waals surface area contributed by atoms with Crippen molar-refractivity contribution in [2.45, 2.75) is 17.6 Å². The number of hydrogen-bond donors (Lipinski definition) is 1. The Bertz CT molecular complexity index is 1370. The molecule has 0 bridgehead atoms. The van der Waals surface area contributed by atoms with E-state index < -0.39 is 0 Å². The normalized spacial score (nSPS) is 15.2. The molecule has 2 aromatic heterocycles. The smallest absolute Gasteiger partial charge is 0.265 e. The molecule has 0 aliphatic carbocycles. The number of rotatable bonds is 4. The number of carbonyl (C=O) groups is 1. The molecular weight excluding hydrogens is 441 g/mol. The van der Waals surface area contributed by atoms with E-state index in [0.717, 1.165) is 0 Å². The number of para-hydroxylation sites is 1. The molecule has 1 aliphatic rings. The maximum absolute atomic E-state index is 13.3. The molecule has 0 saturated carbocycles. The van der Waals surface area contributed by atoms with Crippen LogP contribution in [-0.4, -0.2) is 31.0 Å². The van der Waals surface area contributed by atoms with Gasteiger partial charge in [0.05, 0.1) is 28.6 Å². The average molecular weight is 456 g/mol. The largest absolute Gasteiger partial charge is 0.325 e. The molecule has 1 N–H and O–H groups in total. The lowest BCUT2D eigenvalue weighted by molar-refractivity contribution is -0.116. The Morgan fingerprint density at radius 3 is 2.77 bits per heavy atom. The molecule has 0 fully saturated rings. The van der Waals surface area contributed by atoms with Crippen LogP contribution >= 0.6 is 23.4 Å². The van der Waals surface area contributed by atoms with Crippen molar-refractivity contribution >= 4 is 46.0 Å². The average Bonchev–Trinajstić information content (AvgIpc) is 3.35. The highest BCUT2D eigenvalue weighted by Gasteiger charge is 2.29. The first-order chi connectivity index (χ1) is 15.0. The monoisotopic (exact) mass is 455 g/mol. The standard InChI is InChI=1S/C21H15ClFN5O2S/c22-16-3-1-2-4-17(16)25-18(29)9-14-11-31-21-26-19-15(20(30)27(14)21)10-24-28(19)13-7-5-12(23)6-8-13/h1-8,10,14H,9,11H2,(H,25,29). The number of nitrogens with one attached hydrogen (secondary N) is 1. The SMILES string of the molecule is O=C(CC1CSc2nc3c(cnn3-c3ccc(F)cc3)c(=O)n21)Nc1ccccc1Cl. The number of amides is 1. The van der Waals surface area contributed by atoms with Crippen LogP contribution in [0, 0.1) is 5.82 Å². The third-order valence-corrected chi connectivity index (χ3v) is 6.44. The lowest BCUT2D eigenvalue weighted by atomic mass is 10.2. The molecule has 0 radical (unpaired) electrons. The van der Waals surface area contributed by atoms with Crippen molar-refractivity contribution < 1.29 is 9.18 Å². The molecule has 5 rings (SSSR count). The summed E-state index contributed by atoms with van der Waals surface area (Å²) in [5, 5.41) is 8.37. The van der Waals surface area contributed by atoms with Crippen molar-refractivity contribution in [2.24, 2.45) is 0 Å². The van der Waals surface area contributed by atoms with Crippen LogP contribution < -0.4 is 10.9 Å². The van der Waals surface area contributed by atoms with E-state index in [2.05, 4.69) is 15.4 Å². The first-order valence-electron chi connectivity index (χ1n) is 9.44. The van der Waals surface area contributed by atoms with Crippen molar-refractivity contribution in [3.05, 3.63) is 75.9 Å². The number of benzene rings is 2. The number of carbonyl (C=O) groups excluding carboxylic acids is 1. The van der Waals surface area contributed by atoms with Crippen molar-refractivity contribution in [3.8, 4) is 5.69 Å². The van der Waals surface area contributed by atoms with E-state index in [-0.39, 0.29) is 29.7 Å². The van der Waals surface area contributed by atoms with Gasteiger partial charge >= 0.3 is 0 Å². The first kappa shape index (κ1) is 19.8. The summed E-state index contributed by atoms with van der Waals surface area (Å²) in [6, 6.07) is 12.4. The summed E-state index contributed by atoms with van der Waals surface area (Å²) in [7, 11) is 0. The molecule has 7 nitrogen and oxygen atoms in total. The highest BCUT2D eigenvalue weighted by Crippen LogP contribution is 2.34. The van der Waals surface area contributed by atoms with Crippen molar-refractivity contribution in [2.75, 3.05) is 11.1 Å². The van der Waals surface area contributed by atoms with Gasteiger partial charge in [-0.05, 0) is 36.4 Å². The second-order valence-electron chi connectivity index (χ2n) is 7.04. The Hall–Kier alpha value is -3.17. The lowest BCUT2D eigenvalue weighted by Crippen LogP contribution is -2.27. The van der Waals surface area contributed by atoms with Gasteiger partial charge < -0.3 is 5.32 Å². The van der Waals surface area contributed by atoms with Crippen LogP contribution in [0.5, 0.6) is 0 Å². The fourth-order valence-electron chi connectivity index (χ4n) is 3.53. The number of thioether (sulfide) groups is 1. The molecule has 2 aromatic carbocycles. The zero-order valence-electron chi connectivity index (χ0n) is 16.0. The summed E-state index contributed by atoms with van der Waals surface area (Å²) in [6.07, 6.45) is 1.57. The summed E-state index contributed by atoms with van der Waals surface area (Å²) >= 11 is 7.51. The van der Waals surface area contributed by atoms with Gasteiger partial charge in [0.2, 0.25) is 5.91 Å². The van der Waals surface area contributed by atoms with Gasteiger partial charge in [0.15, 0.2) is 10.8 Å². The molecule has 1 atom stereocenters. The van der Waals surface area contributed by atoms with Crippen LogP contribution in [-0.2, 0) is 4.79 Å². The first-order valence-corrected chi connectivity index (χ1v) is 10.8. The third-order valence-electron chi connectivity index (χ3n) is 5.01. The Morgan fingerprint density at radius 2 is 2.00 bits per heavy atom. The highest BCUT2D eigenvalue weighted by atomic mass is 35.5. The Kier molecular flexibility index (Phi) is 4.99. The predicted octanol–water partition coefficient (Wildman–Crippen LogP) is 4.05. The number of nitrogens with zero attached hydrogens (tertiary/aromatic N) is 4. The maximum atomic E-state index is 13.3. The number of halogens is 2. The van der Waals surface area contributed by atoms with Crippen LogP contribution in [0.15, 0.2) is 64.7 Å². The van der Waals surface area contributed by atoms with Gasteiger partial charge in [-0.3, -0.25) is 14.2 Å². The number of hydrogen-bond acceptors (Lipinski definition) is 5. The minimum absolute atomic E-state index is 0.115. The van der Waals surface area contributed by atoms with Crippen LogP contribution in [0.1, 0.15) is 12.5 Å². The molecule has 156 valence electrons. The number of anilines is 1. The van der Waals surface area contributed by atoms with Crippen LogP contribution in [0.4, 0.5) is 10.1 Å². The van der Waals surface area contributed by atoms with Crippen molar-refractivity contribution in [1.82, 2.24) is 19.3 Å². The topological polar surface area (TPSA) is 81.8 Å². The number of aromatic nitrogens is 4. The van der Waals surface area contributed by atoms with Crippen molar-refractivity contribution in [1.29, 1.82) is 0 Å². The van der Waals surface area contributed by atoms with Gasteiger partial charge in [-0.25, -0.2) is 14.1 Å². The highest BCUT2D eigenvalue weighted by molar-refractivity contribution is 7.99. The zero-order valence-corrected chi connectivity index (χ0v) is 17.5. The maximum Gasteiger partial charge on any atom is 0.265 e. The summed E-state index contributed by atoms with van der Waals surface area (Å²) < 4.78 is 16.3. The van der Waals surface area contributed by atoms with E-state index in [1.165, 1.54) is 34.8 Å². The summed E-state index contributed by atoms with van der Waals surface area (Å²) in [5.74, 6) is -0.0439. The second-order valence-corrected chi connectivity index (χ2v) is 8.43. The number of fused-ring (bicyclic) bond motifs is 2. The van der Waals surface area contributed by atoms with E-state index >= 15 is 0 Å². The molecule has 1 unspecified atom stereocenters. The van der Waals surface area contributed by atoms with E-state index in [0.29, 0.717) is 38.3 Å². The lowest BCUT2D eigenvalue weighted by Gasteiger charge is -2.14. The fourth-order valence-corrected chi connectivity index (χ4v) is 4.84. The van der Waals surface area contributed by atoms with Gasteiger partial charge in [0.1, 0.15) is 11.2 Å². The summed E-state index contributed by atoms with van der Waals surface area (Å²) in [4.78, 5) is 30.3. The van der Waals surface area contributed by atoms with Crippen LogP contribution in [0.2, 0.25) is 5.02 Å². The quantitative estimate of drug-likeness (QED) is 0.469. The molecule has 4 aromatic rings. The predicted molar refractivity (Wildman–Crippen MR) is 118 cm³/mol. The molecule has 3 heterocycles. The van der Waals surface area contributed by atoms with Gasteiger partial charge in [0, 0.05) is 12.2 Å². The van der Waals surface area contributed by atoms with Crippen LogP contribution in [0.25, 0.3) is 16.7 Å². The Balaban J connectivity index is 1.45. The Morgan fingerprint density at radius 1 is 1.23 bits per heavy atom. The molecule has 0 spiro atoms. The van der Waals surface area contributed by atoms with Gasteiger partial charge in [-0.2, -0.15) is 5.10 Å². The summed E-state index contributed by atoms with van der Waals surface area (Å²) in [6.45, 7) is 0. The second kappa shape index (κ2) is 7.82. The minimum atomic E-state index is -0.359. The van der Waals surface area contributed by atoms with E-state index in [1.807, 2.05) is 0 Å². The minimum Gasteiger partial charge on any atom is -0.325 e. The van der Waals surface area contributed by atoms with E-state index in [1.54, 1.807) is 41.0 Å². The van der Waals surface area contributed by atoms with Crippen LogP contribution in [0.3, 0.4) is 0 Å². The molecule has 10 heteroatoms. The molecule has 0 saturated heterocycles. The molecular formula is C21H15ClFN5O2S. The Labute approximate surface area is 184 Å². The van der Waals surface area contributed by atoms with E-state index in [4.69, 9.17) is 11.6 Å². The zero-order chi connectivity index (χ0) is 21.5. The summed E-state index contributed by atoms with van der Waals surface area (Å²) in [5.41, 5.74) is 1.28. The van der Waals surface area contributed by atoms with Gasteiger partial charge in [0.25, 0.3) is 5.56 Å². The third kappa shape index (κ3) is 3.60. The van der Waals surface area contributed by atoms with Gasteiger partial charge in [-0.15, -0.1) is 0 Å². The molecule has 1 aliphatic heterocycles. The molecule has 1 amide bonds.